The number of rotatable bonds is 4. The molecule has 1 aliphatic carbocycles. The molecule has 0 aliphatic heterocycles. The molecular weight excluding hydrogens is 216 g/mol. The minimum absolute atomic E-state index is 0.690. The summed E-state index contributed by atoms with van der Waals surface area (Å²) in [5.74, 6) is 0. The quantitative estimate of drug-likeness (QED) is 0.870. The molecule has 3 heteroatoms. The summed E-state index contributed by atoms with van der Waals surface area (Å²) in [6, 6.07) is 2.90. The third-order valence-corrected chi connectivity index (χ3v) is 4.43. The maximum Gasteiger partial charge on any atom is 0.0313 e. The van der Waals surface area contributed by atoms with Crippen LogP contribution in [0.2, 0.25) is 0 Å². The number of hydrogen-bond donors (Lipinski definition) is 1. The molecule has 1 aromatic heterocycles. The molecule has 1 aromatic rings. The molecule has 1 aliphatic rings. The van der Waals surface area contributed by atoms with Gasteiger partial charge in [-0.05, 0) is 37.1 Å². The second-order valence-corrected chi connectivity index (χ2v) is 5.64. The van der Waals surface area contributed by atoms with E-state index in [0.29, 0.717) is 6.04 Å². The molecule has 0 amide bonds. The lowest BCUT2D eigenvalue weighted by atomic mass is 10.2. The molecular formula is C13H20N2S. The molecule has 0 saturated heterocycles. The Morgan fingerprint density at radius 1 is 1.44 bits per heavy atom. The molecule has 16 heavy (non-hydrogen) atoms. The third-order valence-electron chi connectivity index (χ3n) is 3.26. The van der Waals surface area contributed by atoms with Gasteiger partial charge in [0.25, 0.3) is 0 Å². The van der Waals surface area contributed by atoms with Crippen LogP contribution < -0.4 is 5.32 Å². The number of nitrogens with zero attached hydrogens (tertiary/aromatic N) is 1. The molecule has 2 rings (SSSR count). The molecule has 0 radical (unpaired) electrons. The largest absolute Gasteiger partial charge is 0.309 e. The lowest BCUT2D eigenvalue weighted by molar-refractivity contribution is 0.531. The average Bonchev–Trinajstić information content (AvgIpc) is 2.74. The summed E-state index contributed by atoms with van der Waals surface area (Å²) in [7, 11) is 0. The van der Waals surface area contributed by atoms with Gasteiger partial charge in [-0.15, -0.1) is 0 Å². The molecule has 0 aromatic carbocycles. The highest BCUT2D eigenvalue weighted by atomic mass is 32.2. The van der Waals surface area contributed by atoms with Crippen molar-refractivity contribution >= 4 is 11.8 Å². The molecule has 0 spiro atoms. The van der Waals surface area contributed by atoms with Gasteiger partial charge in [0.15, 0.2) is 0 Å². The lowest BCUT2D eigenvalue weighted by Crippen LogP contribution is -2.33. The van der Waals surface area contributed by atoms with Gasteiger partial charge >= 0.3 is 0 Å². The summed E-state index contributed by atoms with van der Waals surface area (Å²) in [5, 5.41) is 4.47. The molecule has 0 bridgehead atoms. The van der Waals surface area contributed by atoms with Crippen LogP contribution in [0.15, 0.2) is 18.5 Å². The van der Waals surface area contributed by atoms with Crippen molar-refractivity contribution in [3.05, 3.63) is 29.6 Å². The number of aromatic nitrogens is 1. The molecule has 1 saturated carbocycles. The Hall–Kier alpha value is -0.540. The second-order valence-electron chi connectivity index (χ2n) is 4.56. The maximum absolute atomic E-state index is 4.22. The van der Waals surface area contributed by atoms with E-state index in [0.717, 1.165) is 11.8 Å². The van der Waals surface area contributed by atoms with Crippen molar-refractivity contribution in [1.29, 1.82) is 0 Å². The molecule has 2 nitrogen and oxygen atoms in total. The summed E-state index contributed by atoms with van der Waals surface area (Å²) in [6.07, 6.45) is 10.1. The predicted octanol–water partition coefficient (Wildman–Crippen LogP) is 2.76. The Kier molecular flexibility index (Phi) is 4.24. The first-order valence-corrected chi connectivity index (χ1v) is 7.25. The van der Waals surface area contributed by atoms with Gasteiger partial charge in [-0.1, -0.05) is 12.5 Å². The summed E-state index contributed by atoms with van der Waals surface area (Å²) in [5.41, 5.74) is 2.54. The highest BCUT2D eigenvalue weighted by molar-refractivity contribution is 7.99. The van der Waals surface area contributed by atoms with E-state index in [1.165, 1.54) is 30.4 Å². The first-order chi connectivity index (χ1) is 7.79. The molecule has 2 unspecified atom stereocenters. The minimum atomic E-state index is 0.690. The van der Waals surface area contributed by atoms with Gasteiger partial charge in [0, 0.05) is 30.2 Å². The highest BCUT2D eigenvalue weighted by Crippen LogP contribution is 2.28. The summed E-state index contributed by atoms with van der Waals surface area (Å²) in [4.78, 5) is 4.22. The fourth-order valence-corrected chi connectivity index (χ4v) is 3.37. The van der Waals surface area contributed by atoms with Crippen LogP contribution in [-0.4, -0.2) is 22.5 Å². The van der Waals surface area contributed by atoms with Gasteiger partial charge in [0.2, 0.25) is 0 Å². The zero-order valence-electron chi connectivity index (χ0n) is 10.1. The number of thioether (sulfide) groups is 1. The van der Waals surface area contributed by atoms with Crippen molar-refractivity contribution in [3.63, 3.8) is 0 Å². The van der Waals surface area contributed by atoms with Crippen LogP contribution in [0.4, 0.5) is 0 Å². The molecule has 1 heterocycles. The van der Waals surface area contributed by atoms with E-state index in [1.54, 1.807) is 0 Å². The monoisotopic (exact) mass is 236 g/mol. The number of hydrogen-bond acceptors (Lipinski definition) is 3. The third kappa shape index (κ3) is 2.98. The van der Waals surface area contributed by atoms with Gasteiger partial charge < -0.3 is 5.32 Å². The normalized spacial score (nSPS) is 24.9. The van der Waals surface area contributed by atoms with E-state index in [1.807, 2.05) is 24.2 Å². The highest BCUT2D eigenvalue weighted by Gasteiger charge is 2.25. The average molecular weight is 236 g/mol. The van der Waals surface area contributed by atoms with E-state index >= 15 is 0 Å². The van der Waals surface area contributed by atoms with Crippen LogP contribution in [0.3, 0.4) is 0 Å². The second kappa shape index (κ2) is 5.69. The number of nitrogens with one attached hydrogen (secondary N) is 1. The van der Waals surface area contributed by atoms with Crippen LogP contribution >= 0.6 is 11.8 Å². The Bertz CT molecular complexity index is 340. The fourth-order valence-electron chi connectivity index (χ4n) is 2.40. The lowest BCUT2D eigenvalue weighted by Gasteiger charge is -2.19. The van der Waals surface area contributed by atoms with Gasteiger partial charge in [0.1, 0.15) is 0 Å². The van der Waals surface area contributed by atoms with Crippen molar-refractivity contribution in [2.75, 3.05) is 6.26 Å². The van der Waals surface area contributed by atoms with Gasteiger partial charge in [-0.3, -0.25) is 4.98 Å². The Morgan fingerprint density at radius 3 is 3.06 bits per heavy atom. The van der Waals surface area contributed by atoms with E-state index in [-0.39, 0.29) is 0 Å². The van der Waals surface area contributed by atoms with Crippen LogP contribution in [0.25, 0.3) is 0 Å². The first-order valence-electron chi connectivity index (χ1n) is 5.96. The maximum atomic E-state index is 4.22. The zero-order chi connectivity index (χ0) is 11.4. The number of pyridine rings is 1. The van der Waals surface area contributed by atoms with E-state index in [9.17, 15) is 0 Å². The van der Waals surface area contributed by atoms with Crippen molar-refractivity contribution in [2.24, 2.45) is 0 Å². The van der Waals surface area contributed by atoms with Gasteiger partial charge in [-0.2, -0.15) is 11.8 Å². The van der Waals surface area contributed by atoms with E-state index < -0.39 is 0 Å². The Balaban J connectivity index is 1.87. The van der Waals surface area contributed by atoms with Gasteiger partial charge in [-0.25, -0.2) is 0 Å². The Labute approximate surface area is 102 Å². The molecule has 1 N–H and O–H groups in total. The van der Waals surface area contributed by atoms with E-state index in [4.69, 9.17) is 0 Å². The summed E-state index contributed by atoms with van der Waals surface area (Å²) >= 11 is 2.00. The zero-order valence-corrected chi connectivity index (χ0v) is 10.9. The van der Waals surface area contributed by atoms with Crippen molar-refractivity contribution in [3.8, 4) is 0 Å². The van der Waals surface area contributed by atoms with Crippen LogP contribution in [0.1, 0.15) is 30.4 Å². The molecule has 1 fully saturated rings. The summed E-state index contributed by atoms with van der Waals surface area (Å²) < 4.78 is 0. The van der Waals surface area contributed by atoms with E-state index in [2.05, 4.69) is 29.5 Å². The Morgan fingerprint density at radius 2 is 2.31 bits per heavy atom. The standard InChI is InChI=1S/C13H20N2S/c1-10-6-11(8-14-7-10)9-15-12-4-3-5-13(12)16-2/h6-8,12-13,15H,3-5,9H2,1-2H3. The molecule has 88 valence electrons. The van der Waals surface area contributed by atoms with Crippen LogP contribution in [-0.2, 0) is 6.54 Å². The van der Waals surface area contributed by atoms with Crippen molar-refractivity contribution in [2.45, 2.75) is 44.0 Å². The topological polar surface area (TPSA) is 24.9 Å². The van der Waals surface area contributed by atoms with Gasteiger partial charge in [0.05, 0.1) is 0 Å². The SMILES string of the molecule is CSC1CCCC1NCc1cncc(C)c1. The van der Waals surface area contributed by atoms with Crippen LogP contribution in [0, 0.1) is 6.92 Å². The number of aryl methyl sites for hydroxylation is 1. The van der Waals surface area contributed by atoms with Crippen LogP contribution in [0.5, 0.6) is 0 Å². The minimum Gasteiger partial charge on any atom is -0.309 e. The first kappa shape index (κ1) is 11.9. The predicted molar refractivity (Wildman–Crippen MR) is 70.8 cm³/mol. The van der Waals surface area contributed by atoms with Crippen molar-refractivity contribution in [1.82, 2.24) is 10.3 Å². The van der Waals surface area contributed by atoms with Crippen molar-refractivity contribution < 1.29 is 0 Å². The fraction of sp³-hybridized carbons (Fsp3) is 0.615. The summed E-state index contributed by atoms with van der Waals surface area (Å²) in [6.45, 7) is 3.05. The smallest absolute Gasteiger partial charge is 0.0313 e. The molecule has 2 atom stereocenters.